The SMILES string of the molecule is Cn1nnnc1-c1cccc(NC(=O)Cc2csc(NC(=O)c3cccs3)n2)c1. The number of tetrazole rings is 1. The molecule has 0 spiro atoms. The van der Waals surface area contributed by atoms with Gasteiger partial charge in [-0.15, -0.1) is 27.8 Å². The van der Waals surface area contributed by atoms with Crippen molar-refractivity contribution in [3.63, 3.8) is 0 Å². The Labute approximate surface area is 173 Å². The van der Waals surface area contributed by atoms with Crippen LogP contribution >= 0.6 is 22.7 Å². The highest BCUT2D eigenvalue weighted by Gasteiger charge is 2.13. The highest BCUT2D eigenvalue weighted by atomic mass is 32.1. The predicted molar refractivity (Wildman–Crippen MR) is 111 cm³/mol. The van der Waals surface area contributed by atoms with Gasteiger partial charge in [0, 0.05) is 23.7 Å². The zero-order valence-corrected chi connectivity index (χ0v) is 16.8. The third-order valence-corrected chi connectivity index (χ3v) is 5.56. The van der Waals surface area contributed by atoms with Crippen LogP contribution in [0.25, 0.3) is 11.4 Å². The summed E-state index contributed by atoms with van der Waals surface area (Å²) in [6.45, 7) is 0. The molecular weight excluding hydrogens is 410 g/mol. The lowest BCUT2D eigenvalue weighted by atomic mass is 10.2. The van der Waals surface area contributed by atoms with Crippen molar-refractivity contribution in [2.45, 2.75) is 6.42 Å². The minimum absolute atomic E-state index is 0.0983. The van der Waals surface area contributed by atoms with Gasteiger partial charge in [0.1, 0.15) is 0 Å². The van der Waals surface area contributed by atoms with Crippen molar-refractivity contribution in [1.29, 1.82) is 0 Å². The first kappa shape index (κ1) is 18.9. The van der Waals surface area contributed by atoms with E-state index in [0.717, 1.165) is 5.56 Å². The molecule has 9 nitrogen and oxygen atoms in total. The number of aryl methyl sites for hydroxylation is 1. The molecule has 146 valence electrons. The van der Waals surface area contributed by atoms with E-state index in [9.17, 15) is 9.59 Å². The Morgan fingerprint density at radius 2 is 2.03 bits per heavy atom. The number of nitrogens with zero attached hydrogens (tertiary/aromatic N) is 5. The number of amides is 2. The van der Waals surface area contributed by atoms with Gasteiger partial charge in [-0.1, -0.05) is 18.2 Å². The fraction of sp³-hybridized carbons (Fsp3) is 0.111. The van der Waals surface area contributed by atoms with E-state index in [-0.39, 0.29) is 18.2 Å². The fourth-order valence-electron chi connectivity index (χ4n) is 2.59. The van der Waals surface area contributed by atoms with Crippen molar-refractivity contribution in [1.82, 2.24) is 25.2 Å². The number of hydrogen-bond donors (Lipinski definition) is 2. The summed E-state index contributed by atoms with van der Waals surface area (Å²) < 4.78 is 1.56. The highest BCUT2D eigenvalue weighted by molar-refractivity contribution is 7.14. The van der Waals surface area contributed by atoms with Crippen LogP contribution in [-0.4, -0.2) is 37.0 Å². The Hall–Kier alpha value is -3.44. The Balaban J connectivity index is 1.37. The first-order valence-corrected chi connectivity index (χ1v) is 10.3. The topological polar surface area (TPSA) is 115 Å². The number of thiophene rings is 1. The van der Waals surface area contributed by atoms with E-state index in [0.29, 0.717) is 27.2 Å². The first-order valence-electron chi connectivity index (χ1n) is 8.50. The minimum Gasteiger partial charge on any atom is -0.326 e. The number of benzene rings is 1. The third kappa shape index (κ3) is 4.52. The number of nitrogens with one attached hydrogen (secondary N) is 2. The standard InChI is InChI=1S/C18H15N7O2S2/c1-25-16(22-23-24-25)11-4-2-5-12(8-11)19-15(26)9-13-10-29-18(20-13)21-17(27)14-6-3-7-28-14/h2-8,10H,9H2,1H3,(H,19,26)(H,20,21,27). The molecule has 0 fully saturated rings. The van der Waals surface area contributed by atoms with Crippen LogP contribution in [0.4, 0.5) is 10.8 Å². The molecule has 2 amide bonds. The monoisotopic (exact) mass is 425 g/mol. The summed E-state index contributed by atoms with van der Waals surface area (Å²) >= 11 is 2.64. The van der Waals surface area contributed by atoms with Crippen LogP contribution in [-0.2, 0) is 18.3 Å². The Bertz CT molecular complexity index is 1150. The molecule has 0 radical (unpaired) electrons. The third-order valence-electron chi connectivity index (χ3n) is 3.88. The van der Waals surface area contributed by atoms with Gasteiger partial charge in [-0.3, -0.25) is 14.9 Å². The summed E-state index contributed by atoms with van der Waals surface area (Å²) in [5.74, 6) is 0.187. The van der Waals surface area contributed by atoms with E-state index in [2.05, 4.69) is 31.1 Å². The number of carbonyl (C=O) groups excluding carboxylic acids is 2. The molecule has 0 unspecified atom stereocenters. The van der Waals surface area contributed by atoms with Crippen molar-refractivity contribution in [3.8, 4) is 11.4 Å². The van der Waals surface area contributed by atoms with Crippen LogP contribution in [0.2, 0.25) is 0 Å². The number of aromatic nitrogens is 5. The van der Waals surface area contributed by atoms with Gasteiger partial charge in [0.25, 0.3) is 5.91 Å². The number of rotatable bonds is 6. The van der Waals surface area contributed by atoms with Crippen molar-refractivity contribution < 1.29 is 9.59 Å². The van der Waals surface area contributed by atoms with Crippen molar-refractivity contribution in [3.05, 3.63) is 57.7 Å². The highest BCUT2D eigenvalue weighted by Crippen LogP contribution is 2.21. The van der Waals surface area contributed by atoms with Gasteiger partial charge in [-0.05, 0) is 34.0 Å². The molecule has 11 heteroatoms. The molecule has 3 aromatic heterocycles. The zero-order valence-electron chi connectivity index (χ0n) is 15.2. The molecular formula is C18H15N7O2S2. The molecule has 0 saturated carbocycles. The summed E-state index contributed by atoms with van der Waals surface area (Å²) in [7, 11) is 1.75. The lowest BCUT2D eigenvalue weighted by molar-refractivity contribution is -0.115. The van der Waals surface area contributed by atoms with Gasteiger partial charge in [0.2, 0.25) is 5.91 Å². The van der Waals surface area contributed by atoms with Gasteiger partial charge >= 0.3 is 0 Å². The van der Waals surface area contributed by atoms with Gasteiger partial charge in [-0.2, -0.15) is 0 Å². The smallest absolute Gasteiger partial charge is 0.267 e. The fourth-order valence-corrected chi connectivity index (χ4v) is 3.92. The number of carbonyl (C=O) groups is 2. The van der Waals surface area contributed by atoms with Gasteiger partial charge in [0.15, 0.2) is 11.0 Å². The normalized spacial score (nSPS) is 10.7. The largest absolute Gasteiger partial charge is 0.326 e. The molecule has 1 aromatic carbocycles. The molecule has 2 N–H and O–H groups in total. The molecule has 0 aliphatic carbocycles. The van der Waals surface area contributed by atoms with Crippen molar-refractivity contribution >= 4 is 45.3 Å². The lowest BCUT2D eigenvalue weighted by Crippen LogP contribution is -2.15. The molecule has 29 heavy (non-hydrogen) atoms. The van der Waals surface area contributed by atoms with Crippen LogP contribution in [0.3, 0.4) is 0 Å². The predicted octanol–water partition coefficient (Wildman–Crippen LogP) is 2.83. The van der Waals surface area contributed by atoms with Crippen molar-refractivity contribution in [2.75, 3.05) is 10.6 Å². The van der Waals surface area contributed by atoms with E-state index in [1.54, 1.807) is 35.3 Å². The second-order valence-corrected chi connectivity index (χ2v) is 7.81. The maximum Gasteiger partial charge on any atom is 0.267 e. The molecule has 0 atom stereocenters. The number of anilines is 2. The Morgan fingerprint density at radius 1 is 1.14 bits per heavy atom. The first-order chi connectivity index (χ1) is 14.1. The Morgan fingerprint density at radius 3 is 2.79 bits per heavy atom. The molecule has 4 aromatic rings. The van der Waals surface area contributed by atoms with Crippen LogP contribution in [0.15, 0.2) is 47.2 Å². The second kappa shape index (κ2) is 8.29. The summed E-state index contributed by atoms with van der Waals surface area (Å²) in [5.41, 5.74) is 2.02. The van der Waals surface area contributed by atoms with E-state index >= 15 is 0 Å². The summed E-state index contributed by atoms with van der Waals surface area (Å²) in [5, 5.41) is 21.0. The summed E-state index contributed by atoms with van der Waals surface area (Å²) in [6.07, 6.45) is 0.0983. The van der Waals surface area contributed by atoms with Gasteiger partial charge in [0.05, 0.1) is 17.0 Å². The molecule has 3 heterocycles. The van der Waals surface area contributed by atoms with Crippen LogP contribution in [0.1, 0.15) is 15.4 Å². The number of thiazole rings is 1. The molecule has 0 aliphatic rings. The molecule has 0 bridgehead atoms. The van der Waals surface area contributed by atoms with Crippen LogP contribution in [0.5, 0.6) is 0 Å². The summed E-state index contributed by atoms with van der Waals surface area (Å²) in [6, 6.07) is 10.8. The average molecular weight is 425 g/mol. The minimum atomic E-state index is -0.209. The zero-order chi connectivity index (χ0) is 20.2. The molecule has 0 aliphatic heterocycles. The van der Waals surface area contributed by atoms with Gasteiger partial charge < -0.3 is 5.32 Å². The maximum absolute atomic E-state index is 12.4. The van der Waals surface area contributed by atoms with E-state index in [4.69, 9.17) is 0 Å². The summed E-state index contributed by atoms with van der Waals surface area (Å²) in [4.78, 5) is 29.4. The van der Waals surface area contributed by atoms with Gasteiger partial charge in [-0.25, -0.2) is 9.67 Å². The quantitative estimate of drug-likeness (QED) is 0.491. The van der Waals surface area contributed by atoms with Crippen molar-refractivity contribution in [2.24, 2.45) is 7.05 Å². The van der Waals surface area contributed by atoms with E-state index in [1.165, 1.54) is 22.7 Å². The van der Waals surface area contributed by atoms with Crippen LogP contribution < -0.4 is 10.6 Å². The van der Waals surface area contributed by atoms with E-state index < -0.39 is 0 Å². The van der Waals surface area contributed by atoms with Crippen LogP contribution in [0, 0.1) is 0 Å². The second-order valence-electron chi connectivity index (χ2n) is 6.01. The van der Waals surface area contributed by atoms with E-state index in [1.807, 2.05) is 23.6 Å². The molecule has 0 saturated heterocycles. The maximum atomic E-state index is 12.4. The molecule has 4 rings (SSSR count). The lowest BCUT2D eigenvalue weighted by Gasteiger charge is -2.06. The average Bonchev–Trinajstić information content (AvgIpc) is 3.44. The number of hydrogen-bond acceptors (Lipinski definition) is 8. The Kier molecular flexibility index (Phi) is 5.40.